The summed E-state index contributed by atoms with van der Waals surface area (Å²) in [7, 11) is 0. The van der Waals surface area contributed by atoms with Crippen LogP contribution in [-0.4, -0.2) is 22.5 Å². The molecule has 1 aliphatic rings. The molecule has 1 aromatic carbocycles. The van der Waals surface area contributed by atoms with Gasteiger partial charge in [0.25, 0.3) is 5.91 Å². The second-order valence-electron chi connectivity index (χ2n) is 7.45. The maximum atomic E-state index is 12.9. The standard InChI is InChI=1S/C23H22N4O2S2/c1-2-29-15-9-7-13(8-10-15)18-12-30-23(26-18)27-21(28)20-19(24)16-11-14-5-3-4-6-17(14)25-22(16)31-20/h7-12H,2-6,24H2,1H3,(H,26,27,28). The van der Waals surface area contributed by atoms with Crippen LogP contribution in [0.25, 0.3) is 21.5 Å². The molecule has 158 valence electrons. The zero-order chi connectivity index (χ0) is 21.4. The summed E-state index contributed by atoms with van der Waals surface area (Å²) in [5.74, 6) is 0.580. The van der Waals surface area contributed by atoms with Crippen molar-refractivity contribution in [1.29, 1.82) is 0 Å². The lowest BCUT2D eigenvalue weighted by atomic mass is 9.95. The Bertz CT molecular complexity index is 1260. The Kier molecular flexibility index (Phi) is 5.33. The van der Waals surface area contributed by atoms with E-state index < -0.39 is 0 Å². The van der Waals surface area contributed by atoms with Gasteiger partial charge in [0.15, 0.2) is 5.13 Å². The highest BCUT2D eigenvalue weighted by Gasteiger charge is 2.21. The fourth-order valence-corrected chi connectivity index (χ4v) is 5.54. The van der Waals surface area contributed by atoms with E-state index in [0.29, 0.717) is 22.3 Å². The summed E-state index contributed by atoms with van der Waals surface area (Å²) in [6.07, 6.45) is 4.37. The molecule has 4 aromatic rings. The van der Waals surface area contributed by atoms with Crippen LogP contribution in [0.4, 0.5) is 10.8 Å². The topological polar surface area (TPSA) is 90.1 Å². The zero-order valence-corrected chi connectivity index (χ0v) is 18.7. The summed E-state index contributed by atoms with van der Waals surface area (Å²) in [5.41, 5.74) is 11.0. The number of benzene rings is 1. The number of thiophene rings is 1. The molecule has 0 bridgehead atoms. The molecular formula is C23H22N4O2S2. The van der Waals surface area contributed by atoms with Gasteiger partial charge in [-0.2, -0.15) is 0 Å². The van der Waals surface area contributed by atoms with Gasteiger partial charge in [0.2, 0.25) is 0 Å². The van der Waals surface area contributed by atoms with Gasteiger partial charge in [-0.25, -0.2) is 9.97 Å². The number of nitrogens with zero attached hydrogens (tertiary/aromatic N) is 2. The quantitative estimate of drug-likeness (QED) is 0.417. The van der Waals surface area contributed by atoms with E-state index >= 15 is 0 Å². The summed E-state index contributed by atoms with van der Waals surface area (Å²) < 4.78 is 5.48. The predicted molar refractivity (Wildman–Crippen MR) is 127 cm³/mol. The first-order valence-electron chi connectivity index (χ1n) is 10.3. The number of carbonyl (C=O) groups excluding carboxylic acids is 1. The number of nitrogens with one attached hydrogen (secondary N) is 1. The van der Waals surface area contributed by atoms with E-state index in [1.165, 1.54) is 41.1 Å². The van der Waals surface area contributed by atoms with Gasteiger partial charge in [-0.15, -0.1) is 22.7 Å². The molecule has 0 fully saturated rings. The lowest BCUT2D eigenvalue weighted by Gasteiger charge is -2.14. The Hall–Kier alpha value is -2.97. The number of hydrogen-bond acceptors (Lipinski definition) is 7. The Morgan fingerprint density at radius 2 is 2.00 bits per heavy atom. The number of amides is 1. The van der Waals surface area contributed by atoms with Gasteiger partial charge in [-0.1, -0.05) is 0 Å². The molecule has 31 heavy (non-hydrogen) atoms. The summed E-state index contributed by atoms with van der Waals surface area (Å²) in [5, 5.41) is 6.24. The Morgan fingerprint density at radius 1 is 1.19 bits per heavy atom. The lowest BCUT2D eigenvalue weighted by Crippen LogP contribution is -2.11. The van der Waals surface area contributed by atoms with E-state index in [9.17, 15) is 4.79 Å². The van der Waals surface area contributed by atoms with Gasteiger partial charge in [-0.3, -0.25) is 10.1 Å². The van der Waals surface area contributed by atoms with Gasteiger partial charge in [0.05, 0.1) is 18.0 Å². The fraction of sp³-hybridized carbons (Fsp3) is 0.261. The Morgan fingerprint density at radius 3 is 2.81 bits per heavy atom. The molecule has 1 aliphatic carbocycles. The summed E-state index contributed by atoms with van der Waals surface area (Å²) in [6.45, 7) is 2.59. The average molecular weight is 451 g/mol. The van der Waals surface area contributed by atoms with Crippen LogP contribution in [-0.2, 0) is 12.8 Å². The normalized spacial score (nSPS) is 13.2. The molecule has 0 atom stereocenters. The number of ether oxygens (including phenoxy) is 1. The molecule has 0 saturated carbocycles. The predicted octanol–water partition coefficient (Wildman–Crippen LogP) is 5.53. The van der Waals surface area contributed by atoms with Crippen molar-refractivity contribution in [3.8, 4) is 17.0 Å². The maximum Gasteiger partial charge on any atom is 0.269 e. The van der Waals surface area contributed by atoms with Crippen molar-refractivity contribution >= 4 is 49.6 Å². The largest absolute Gasteiger partial charge is 0.494 e. The number of nitrogen functional groups attached to an aromatic ring is 1. The van der Waals surface area contributed by atoms with E-state index in [0.717, 1.165) is 45.8 Å². The number of fused-ring (bicyclic) bond motifs is 2. The number of pyridine rings is 1. The van der Waals surface area contributed by atoms with Crippen LogP contribution in [0.5, 0.6) is 5.75 Å². The van der Waals surface area contributed by atoms with E-state index in [2.05, 4.69) is 16.4 Å². The minimum atomic E-state index is -0.244. The summed E-state index contributed by atoms with van der Waals surface area (Å²) in [6, 6.07) is 9.88. The van der Waals surface area contributed by atoms with Gasteiger partial charge in [0, 0.05) is 22.0 Å². The van der Waals surface area contributed by atoms with Gasteiger partial charge < -0.3 is 10.5 Å². The summed E-state index contributed by atoms with van der Waals surface area (Å²) >= 11 is 2.74. The monoisotopic (exact) mass is 450 g/mol. The third kappa shape index (κ3) is 3.88. The zero-order valence-electron chi connectivity index (χ0n) is 17.1. The number of nitrogens with two attached hydrogens (primary N) is 1. The highest BCUT2D eigenvalue weighted by Crippen LogP contribution is 2.36. The van der Waals surface area contributed by atoms with E-state index in [1.807, 2.05) is 36.6 Å². The average Bonchev–Trinajstić information content (AvgIpc) is 3.37. The van der Waals surface area contributed by atoms with Gasteiger partial charge in [-0.05, 0) is 68.5 Å². The van der Waals surface area contributed by atoms with Crippen molar-refractivity contribution in [3.63, 3.8) is 0 Å². The van der Waals surface area contributed by atoms with Crippen LogP contribution in [0.1, 0.15) is 40.7 Å². The highest BCUT2D eigenvalue weighted by atomic mass is 32.1. The molecule has 3 N–H and O–H groups in total. The van der Waals surface area contributed by atoms with E-state index in [4.69, 9.17) is 15.5 Å². The molecular weight excluding hydrogens is 428 g/mol. The number of aromatic nitrogens is 2. The first-order chi connectivity index (χ1) is 15.1. The highest BCUT2D eigenvalue weighted by molar-refractivity contribution is 7.21. The lowest BCUT2D eigenvalue weighted by molar-refractivity contribution is 0.103. The number of carbonyl (C=O) groups is 1. The molecule has 3 aromatic heterocycles. The third-order valence-electron chi connectivity index (χ3n) is 5.39. The second kappa shape index (κ2) is 8.28. The molecule has 0 spiro atoms. The van der Waals surface area contributed by atoms with Crippen molar-refractivity contribution in [2.45, 2.75) is 32.6 Å². The van der Waals surface area contributed by atoms with Crippen molar-refractivity contribution in [3.05, 3.63) is 51.8 Å². The molecule has 0 radical (unpaired) electrons. The van der Waals surface area contributed by atoms with Crippen LogP contribution >= 0.6 is 22.7 Å². The first-order valence-corrected chi connectivity index (χ1v) is 12.0. The van der Waals surface area contributed by atoms with E-state index in [-0.39, 0.29) is 5.91 Å². The molecule has 5 rings (SSSR count). The number of aryl methyl sites for hydroxylation is 2. The molecule has 6 nitrogen and oxygen atoms in total. The van der Waals surface area contributed by atoms with Gasteiger partial charge in [0.1, 0.15) is 15.5 Å². The van der Waals surface area contributed by atoms with Crippen molar-refractivity contribution in [1.82, 2.24) is 9.97 Å². The van der Waals surface area contributed by atoms with Crippen LogP contribution in [0, 0.1) is 0 Å². The van der Waals surface area contributed by atoms with Crippen molar-refractivity contribution in [2.75, 3.05) is 17.7 Å². The van der Waals surface area contributed by atoms with E-state index in [1.54, 1.807) is 0 Å². The molecule has 8 heteroatoms. The van der Waals surface area contributed by atoms with Crippen LogP contribution in [0.3, 0.4) is 0 Å². The number of anilines is 2. The molecule has 3 heterocycles. The number of hydrogen-bond donors (Lipinski definition) is 2. The molecule has 1 amide bonds. The molecule has 0 saturated heterocycles. The summed E-state index contributed by atoms with van der Waals surface area (Å²) in [4.78, 5) is 23.6. The minimum Gasteiger partial charge on any atom is -0.494 e. The van der Waals surface area contributed by atoms with Gasteiger partial charge >= 0.3 is 0 Å². The number of thiazole rings is 1. The van der Waals surface area contributed by atoms with Crippen molar-refractivity contribution in [2.24, 2.45) is 0 Å². The number of rotatable bonds is 5. The van der Waals surface area contributed by atoms with Crippen LogP contribution < -0.4 is 15.8 Å². The maximum absolute atomic E-state index is 12.9. The Labute approximate surface area is 188 Å². The second-order valence-corrected chi connectivity index (χ2v) is 9.31. The smallest absolute Gasteiger partial charge is 0.269 e. The van der Waals surface area contributed by atoms with Crippen molar-refractivity contribution < 1.29 is 9.53 Å². The van der Waals surface area contributed by atoms with Crippen LogP contribution in [0.2, 0.25) is 0 Å². The van der Waals surface area contributed by atoms with Crippen LogP contribution in [0.15, 0.2) is 35.7 Å². The SMILES string of the molecule is CCOc1ccc(-c2csc(NC(=O)c3sc4nc5c(cc4c3N)CCCC5)n2)cc1. The molecule has 0 unspecified atom stereocenters. The Balaban J connectivity index is 1.37. The minimum absolute atomic E-state index is 0.244. The first kappa shape index (κ1) is 20.0. The molecule has 0 aliphatic heterocycles. The fourth-order valence-electron chi connectivity index (χ4n) is 3.83. The third-order valence-corrected chi connectivity index (χ3v) is 7.26.